The van der Waals surface area contributed by atoms with Crippen LogP contribution in [0.1, 0.15) is 25.7 Å². The largest absolute Gasteiger partial charge is 0.366 e. The average Bonchev–Trinajstić information content (AvgIpc) is 2.90. The Morgan fingerprint density at radius 1 is 1.33 bits per heavy atom. The van der Waals surface area contributed by atoms with E-state index in [1.54, 1.807) is 18.6 Å². The van der Waals surface area contributed by atoms with Crippen LogP contribution in [0, 0.1) is 5.92 Å². The van der Waals surface area contributed by atoms with Gasteiger partial charge in [-0.2, -0.15) is 0 Å². The smallest absolute Gasteiger partial charge is 0.251 e. The minimum absolute atomic E-state index is 0.147. The predicted molar refractivity (Wildman–Crippen MR) is 68.6 cm³/mol. The third-order valence-electron chi connectivity index (χ3n) is 3.36. The Balaban J connectivity index is 2.11. The summed E-state index contributed by atoms with van der Waals surface area (Å²) in [6.07, 6.45) is 10.3. The number of carbonyl (C=O) groups excluding carboxylic acids is 2. The molecule has 0 bridgehead atoms. The van der Waals surface area contributed by atoms with E-state index in [4.69, 9.17) is 5.73 Å². The molecule has 0 saturated heterocycles. The Morgan fingerprint density at radius 3 is 2.61 bits per heavy atom. The molecule has 0 aromatic heterocycles. The lowest BCUT2D eigenvalue weighted by atomic mass is 9.96. The zero-order valence-electron chi connectivity index (χ0n) is 10.2. The second-order valence-electron chi connectivity index (χ2n) is 4.57. The average molecular weight is 247 g/mol. The lowest BCUT2D eigenvalue weighted by molar-refractivity contribution is -0.123. The van der Waals surface area contributed by atoms with Crippen LogP contribution in [0.5, 0.6) is 0 Å². The monoisotopic (exact) mass is 247 g/mol. The molecule has 2 aliphatic rings. The Labute approximate surface area is 106 Å². The van der Waals surface area contributed by atoms with Crippen LogP contribution < -0.4 is 5.73 Å². The van der Waals surface area contributed by atoms with Gasteiger partial charge in [0.1, 0.15) is 0 Å². The van der Waals surface area contributed by atoms with Gasteiger partial charge in [0.2, 0.25) is 5.91 Å². The van der Waals surface area contributed by atoms with Crippen LogP contribution in [-0.4, -0.2) is 29.5 Å². The first-order valence-electron chi connectivity index (χ1n) is 6.19. The molecule has 2 rings (SSSR count). The maximum absolute atomic E-state index is 12.0. The van der Waals surface area contributed by atoms with Gasteiger partial charge in [-0.3, -0.25) is 14.6 Å². The fourth-order valence-electron chi connectivity index (χ4n) is 2.38. The minimum atomic E-state index is -0.482. The molecule has 0 unspecified atom stereocenters. The Kier molecular flexibility index (Phi) is 3.92. The summed E-state index contributed by atoms with van der Waals surface area (Å²) in [5.41, 5.74) is 5.84. The van der Waals surface area contributed by atoms with Gasteiger partial charge in [0, 0.05) is 30.3 Å². The van der Waals surface area contributed by atoms with Crippen LogP contribution in [0.2, 0.25) is 0 Å². The van der Waals surface area contributed by atoms with Crippen LogP contribution in [-0.2, 0) is 9.59 Å². The second-order valence-corrected chi connectivity index (χ2v) is 4.57. The maximum atomic E-state index is 12.0. The molecule has 0 aromatic carbocycles. The molecule has 2 amide bonds. The van der Waals surface area contributed by atoms with Crippen molar-refractivity contribution < 1.29 is 9.59 Å². The van der Waals surface area contributed by atoms with Gasteiger partial charge in [-0.1, -0.05) is 12.8 Å². The van der Waals surface area contributed by atoms with E-state index in [2.05, 4.69) is 4.99 Å². The minimum Gasteiger partial charge on any atom is -0.366 e. The molecule has 0 atom stereocenters. The van der Waals surface area contributed by atoms with Gasteiger partial charge in [-0.05, 0) is 18.8 Å². The standard InChI is InChI=1S/C13H17N3O2/c14-13(18)11(10-3-1-2-4-10)9-12(17)16-7-5-15-6-8-16/h5-7,9-10H,1-4,8H2,(H2,14,18). The highest BCUT2D eigenvalue weighted by molar-refractivity contribution is 6.01. The van der Waals surface area contributed by atoms with Gasteiger partial charge < -0.3 is 10.6 Å². The highest BCUT2D eigenvalue weighted by atomic mass is 16.2. The lowest BCUT2D eigenvalue weighted by Crippen LogP contribution is -2.29. The molecular formula is C13H17N3O2. The molecule has 1 aliphatic heterocycles. The SMILES string of the molecule is NC(=O)C(=CC(=O)N1C=CN=CC1)C1CCCC1. The van der Waals surface area contributed by atoms with E-state index in [9.17, 15) is 9.59 Å². The molecule has 1 saturated carbocycles. The van der Waals surface area contributed by atoms with Gasteiger partial charge in [0.05, 0.1) is 6.54 Å². The van der Waals surface area contributed by atoms with Crippen molar-refractivity contribution in [3.63, 3.8) is 0 Å². The zero-order valence-corrected chi connectivity index (χ0v) is 10.2. The lowest BCUT2D eigenvalue weighted by Gasteiger charge is -2.17. The van der Waals surface area contributed by atoms with E-state index >= 15 is 0 Å². The Hall–Kier alpha value is -1.91. The Bertz CT molecular complexity index is 432. The first-order chi connectivity index (χ1) is 8.68. The fourth-order valence-corrected chi connectivity index (χ4v) is 2.38. The summed E-state index contributed by atoms with van der Waals surface area (Å²) in [4.78, 5) is 28.8. The molecule has 5 heteroatoms. The van der Waals surface area contributed by atoms with E-state index in [1.807, 2.05) is 0 Å². The molecule has 96 valence electrons. The van der Waals surface area contributed by atoms with Crippen LogP contribution >= 0.6 is 0 Å². The van der Waals surface area contributed by atoms with Gasteiger partial charge in [0.15, 0.2) is 0 Å². The van der Waals surface area contributed by atoms with Crippen molar-refractivity contribution in [3.8, 4) is 0 Å². The van der Waals surface area contributed by atoms with Crippen LogP contribution in [0.15, 0.2) is 29.0 Å². The number of rotatable bonds is 3. The van der Waals surface area contributed by atoms with E-state index in [-0.39, 0.29) is 11.8 Å². The summed E-state index contributed by atoms with van der Waals surface area (Å²) >= 11 is 0. The summed E-state index contributed by atoms with van der Waals surface area (Å²) < 4.78 is 0. The number of nitrogens with zero attached hydrogens (tertiary/aromatic N) is 2. The highest BCUT2D eigenvalue weighted by Gasteiger charge is 2.24. The van der Waals surface area contributed by atoms with Crippen LogP contribution in [0.25, 0.3) is 0 Å². The molecule has 1 heterocycles. The van der Waals surface area contributed by atoms with E-state index in [0.717, 1.165) is 25.7 Å². The number of carbonyl (C=O) groups is 2. The fraction of sp³-hybridized carbons (Fsp3) is 0.462. The van der Waals surface area contributed by atoms with Crippen LogP contribution in [0.4, 0.5) is 0 Å². The van der Waals surface area contributed by atoms with E-state index in [0.29, 0.717) is 12.1 Å². The van der Waals surface area contributed by atoms with Crippen molar-refractivity contribution in [3.05, 3.63) is 24.0 Å². The van der Waals surface area contributed by atoms with Crippen LogP contribution in [0.3, 0.4) is 0 Å². The quantitative estimate of drug-likeness (QED) is 0.754. The van der Waals surface area contributed by atoms with Crippen molar-refractivity contribution >= 4 is 18.0 Å². The van der Waals surface area contributed by atoms with E-state index in [1.165, 1.54) is 11.0 Å². The molecule has 2 N–H and O–H groups in total. The molecule has 1 fully saturated rings. The second kappa shape index (κ2) is 5.62. The summed E-state index contributed by atoms with van der Waals surface area (Å²) in [5.74, 6) is -0.545. The number of aliphatic imine (C=N–C) groups is 1. The Morgan fingerprint density at radius 2 is 2.06 bits per heavy atom. The molecule has 5 nitrogen and oxygen atoms in total. The van der Waals surface area contributed by atoms with Gasteiger partial charge >= 0.3 is 0 Å². The normalized spacial score (nSPS) is 20.4. The zero-order chi connectivity index (χ0) is 13.0. The van der Waals surface area contributed by atoms with Crippen molar-refractivity contribution in [2.75, 3.05) is 6.54 Å². The predicted octanol–water partition coefficient (Wildman–Crippen LogP) is 0.972. The number of hydrogen-bond acceptors (Lipinski definition) is 3. The maximum Gasteiger partial charge on any atom is 0.251 e. The number of amides is 2. The highest BCUT2D eigenvalue weighted by Crippen LogP contribution is 2.30. The molecule has 0 radical (unpaired) electrons. The number of hydrogen-bond donors (Lipinski definition) is 1. The topological polar surface area (TPSA) is 75.8 Å². The van der Waals surface area contributed by atoms with Gasteiger partial charge in [-0.25, -0.2) is 0 Å². The molecular weight excluding hydrogens is 230 g/mol. The molecule has 18 heavy (non-hydrogen) atoms. The summed E-state index contributed by atoms with van der Waals surface area (Å²) in [7, 11) is 0. The third-order valence-corrected chi connectivity index (χ3v) is 3.36. The van der Waals surface area contributed by atoms with E-state index < -0.39 is 5.91 Å². The summed E-state index contributed by atoms with van der Waals surface area (Å²) in [6.45, 7) is 0.433. The summed E-state index contributed by atoms with van der Waals surface area (Å²) in [5, 5.41) is 0. The molecule has 0 aromatic rings. The molecule has 0 spiro atoms. The molecule has 1 aliphatic carbocycles. The van der Waals surface area contributed by atoms with Crippen molar-refractivity contribution in [1.82, 2.24) is 4.90 Å². The summed E-state index contributed by atoms with van der Waals surface area (Å²) in [6, 6.07) is 0. The first kappa shape index (κ1) is 12.5. The first-order valence-corrected chi connectivity index (χ1v) is 6.19. The number of primary amides is 1. The van der Waals surface area contributed by atoms with Crippen molar-refractivity contribution in [1.29, 1.82) is 0 Å². The van der Waals surface area contributed by atoms with Crippen molar-refractivity contribution in [2.24, 2.45) is 16.6 Å². The van der Waals surface area contributed by atoms with Crippen molar-refractivity contribution in [2.45, 2.75) is 25.7 Å². The van der Waals surface area contributed by atoms with Gasteiger partial charge in [0.25, 0.3) is 5.91 Å². The third kappa shape index (κ3) is 2.85. The number of nitrogens with two attached hydrogens (primary N) is 1. The van der Waals surface area contributed by atoms with Gasteiger partial charge in [-0.15, -0.1) is 0 Å².